The largest absolute Gasteiger partial charge is 0.485 e. The zero-order valence-corrected chi connectivity index (χ0v) is 10.5. The summed E-state index contributed by atoms with van der Waals surface area (Å²) in [6, 6.07) is 5.47. The van der Waals surface area contributed by atoms with Crippen LogP contribution in [-0.2, 0) is 0 Å². The second kappa shape index (κ2) is 5.82. The maximum Gasteiger partial charge on any atom is 0.313 e. The molecule has 0 saturated carbocycles. The van der Waals surface area contributed by atoms with Gasteiger partial charge in [-0.15, -0.1) is 0 Å². The Morgan fingerprint density at radius 2 is 2.33 bits per heavy atom. The van der Waals surface area contributed by atoms with E-state index in [2.05, 4.69) is 5.32 Å². The Morgan fingerprint density at radius 3 is 3.00 bits per heavy atom. The van der Waals surface area contributed by atoms with Crippen molar-refractivity contribution in [2.75, 3.05) is 13.2 Å². The summed E-state index contributed by atoms with van der Waals surface area (Å²) in [7, 11) is 0. The van der Waals surface area contributed by atoms with E-state index in [0.717, 1.165) is 13.0 Å². The topological polar surface area (TPSA) is 64.4 Å². The van der Waals surface area contributed by atoms with E-state index in [1.165, 1.54) is 12.8 Å². The number of nitro groups is 1. The van der Waals surface area contributed by atoms with Gasteiger partial charge in [0.05, 0.1) is 4.92 Å². The van der Waals surface area contributed by atoms with Crippen LogP contribution in [-0.4, -0.2) is 24.1 Å². The minimum Gasteiger partial charge on any atom is -0.485 e. The number of hydrogen-bond acceptors (Lipinski definition) is 4. The first-order chi connectivity index (χ1) is 8.68. The van der Waals surface area contributed by atoms with Gasteiger partial charge in [0.1, 0.15) is 6.61 Å². The summed E-state index contributed by atoms with van der Waals surface area (Å²) in [5.74, 6) is 0.368. The number of nitro benzene ring substituents is 1. The van der Waals surface area contributed by atoms with Gasteiger partial charge in [-0.1, -0.05) is 18.6 Å². The Balaban J connectivity index is 2.04. The van der Waals surface area contributed by atoms with Crippen LogP contribution in [0.4, 0.5) is 5.69 Å². The van der Waals surface area contributed by atoms with Crippen molar-refractivity contribution in [3.63, 3.8) is 0 Å². The van der Waals surface area contributed by atoms with Gasteiger partial charge in [-0.3, -0.25) is 10.1 Å². The molecular formula is C13H18N2O3. The van der Waals surface area contributed by atoms with Crippen molar-refractivity contribution < 1.29 is 9.66 Å². The lowest BCUT2D eigenvalue weighted by atomic mass is 10.1. The van der Waals surface area contributed by atoms with Gasteiger partial charge in [0, 0.05) is 11.6 Å². The van der Waals surface area contributed by atoms with Crippen molar-refractivity contribution in [1.29, 1.82) is 0 Å². The Kier molecular flexibility index (Phi) is 4.15. The lowest BCUT2D eigenvalue weighted by Gasteiger charge is -2.23. The molecular weight excluding hydrogens is 232 g/mol. The molecule has 1 fully saturated rings. The number of rotatable bonds is 4. The van der Waals surface area contributed by atoms with Crippen LogP contribution in [0.5, 0.6) is 5.75 Å². The number of aryl methyl sites for hydroxylation is 1. The van der Waals surface area contributed by atoms with Crippen LogP contribution in [0.15, 0.2) is 18.2 Å². The average molecular weight is 250 g/mol. The van der Waals surface area contributed by atoms with Crippen molar-refractivity contribution in [2.45, 2.75) is 32.2 Å². The molecule has 0 aliphatic carbocycles. The molecule has 1 aliphatic rings. The number of ether oxygens (including phenoxy) is 1. The highest BCUT2D eigenvalue weighted by Gasteiger charge is 2.20. The summed E-state index contributed by atoms with van der Waals surface area (Å²) in [5.41, 5.74) is 0.711. The summed E-state index contributed by atoms with van der Waals surface area (Å²) < 4.78 is 5.61. The highest BCUT2D eigenvalue weighted by Crippen LogP contribution is 2.30. The number of hydrogen-bond donors (Lipinski definition) is 1. The normalized spacial score (nSPS) is 19.5. The molecule has 0 radical (unpaired) electrons. The van der Waals surface area contributed by atoms with Crippen molar-refractivity contribution in [3.05, 3.63) is 33.9 Å². The van der Waals surface area contributed by atoms with Gasteiger partial charge in [-0.05, 0) is 32.4 Å². The van der Waals surface area contributed by atoms with Gasteiger partial charge < -0.3 is 10.1 Å². The van der Waals surface area contributed by atoms with E-state index in [1.54, 1.807) is 25.1 Å². The fourth-order valence-electron chi connectivity index (χ4n) is 2.24. The lowest BCUT2D eigenvalue weighted by molar-refractivity contribution is -0.386. The molecule has 98 valence electrons. The molecule has 2 rings (SSSR count). The first-order valence-electron chi connectivity index (χ1n) is 6.28. The summed E-state index contributed by atoms with van der Waals surface area (Å²) in [5, 5.41) is 14.4. The van der Waals surface area contributed by atoms with E-state index in [0.29, 0.717) is 24.0 Å². The number of benzene rings is 1. The van der Waals surface area contributed by atoms with Gasteiger partial charge in [-0.25, -0.2) is 0 Å². The van der Waals surface area contributed by atoms with Crippen LogP contribution in [0.2, 0.25) is 0 Å². The van der Waals surface area contributed by atoms with Gasteiger partial charge >= 0.3 is 5.69 Å². The van der Waals surface area contributed by atoms with Crippen molar-refractivity contribution in [2.24, 2.45) is 0 Å². The predicted molar refractivity (Wildman–Crippen MR) is 69.0 cm³/mol. The third-order valence-corrected chi connectivity index (χ3v) is 3.24. The van der Waals surface area contributed by atoms with Crippen molar-refractivity contribution >= 4 is 5.69 Å². The molecule has 0 spiro atoms. The molecule has 1 atom stereocenters. The maximum atomic E-state index is 11.0. The van der Waals surface area contributed by atoms with Crippen molar-refractivity contribution in [1.82, 2.24) is 5.32 Å². The van der Waals surface area contributed by atoms with E-state index in [1.807, 2.05) is 0 Å². The van der Waals surface area contributed by atoms with Gasteiger partial charge in [0.2, 0.25) is 0 Å². The summed E-state index contributed by atoms with van der Waals surface area (Å²) >= 11 is 0. The molecule has 1 aromatic carbocycles. The SMILES string of the molecule is Cc1cccc(OCC2CCCCN2)c1[N+](=O)[O-]. The molecule has 1 saturated heterocycles. The third kappa shape index (κ3) is 2.98. The van der Waals surface area contributed by atoms with Crippen LogP contribution < -0.4 is 10.1 Å². The zero-order valence-electron chi connectivity index (χ0n) is 10.5. The number of piperidine rings is 1. The third-order valence-electron chi connectivity index (χ3n) is 3.24. The molecule has 0 bridgehead atoms. The first-order valence-corrected chi connectivity index (χ1v) is 6.28. The second-order valence-corrected chi connectivity index (χ2v) is 4.64. The molecule has 1 heterocycles. The summed E-state index contributed by atoms with van der Waals surface area (Å²) in [4.78, 5) is 10.6. The highest BCUT2D eigenvalue weighted by molar-refractivity contribution is 5.52. The molecule has 18 heavy (non-hydrogen) atoms. The molecule has 1 unspecified atom stereocenters. The predicted octanol–water partition coefficient (Wildman–Crippen LogP) is 2.42. The molecule has 5 nitrogen and oxygen atoms in total. The average Bonchev–Trinajstić information content (AvgIpc) is 2.37. The van der Waals surface area contributed by atoms with Gasteiger partial charge in [0.25, 0.3) is 0 Å². The van der Waals surface area contributed by atoms with Crippen LogP contribution >= 0.6 is 0 Å². The van der Waals surface area contributed by atoms with Crippen LogP contribution in [0.1, 0.15) is 24.8 Å². The number of nitrogens with zero attached hydrogens (tertiary/aromatic N) is 1. The van der Waals surface area contributed by atoms with Crippen LogP contribution in [0.3, 0.4) is 0 Å². The standard InChI is InChI=1S/C13H18N2O3/c1-10-5-4-7-12(13(10)15(16)17)18-9-11-6-2-3-8-14-11/h4-5,7,11,14H,2-3,6,8-9H2,1H3. The Hall–Kier alpha value is -1.62. The summed E-state index contributed by atoms with van der Waals surface area (Å²) in [6.07, 6.45) is 3.46. The minimum absolute atomic E-state index is 0.0771. The summed E-state index contributed by atoms with van der Waals surface area (Å²) in [6.45, 7) is 3.22. The molecule has 0 amide bonds. The van der Waals surface area contributed by atoms with E-state index in [9.17, 15) is 10.1 Å². The van der Waals surface area contributed by atoms with E-state index in [4.69, 9.17) is 4.74 Å². The zero-order chi connectivity index (χ0) is 13.0. The van der Waals surface area contributed by atoms with Crippen molar-refractivity contribution in [3.8, 4) is 5.75 Å². The monoisotopic (exact) mass is 250 g/mol. The highest BCUT2D eigenvalue weighted by atomic mass is 16.6. The van der Waals surface area contributed by atoms with E-state index >= 15 is 0 Å². The fourth-order valence-corrected chi connectivity index (χ4v) is 2.24. The Labute approximate surface area is 106 Å². The molecule has 0 aromatic heterocycles. The maximum absolute atomic E-state index is 11.0. The molecule has 1 aliphatic heterocycles. The lowest BCUT2D eigenvalue weighted by Crippen LogP contribution is -2.38. The smallest absolute Gasteiger partial charge is 0.313 e. The quantitative estimate of drug-likeness (QED) is 0.658. The Bertz CT molecular complexity index is 428. The fraction of sp³-hybridized carbons (Fsp3) is 0.538. The second-order valence-electron chi connectivity index (χ2n) is 4.64. The van der Waals surface area contributed by atoms with E-state index in [-0.39, 0.29) is 10.6 Å². The molecule has 1 N–H and O–H groups in total. The van der Waals surface area contributed by atoms with E-state index < -0.39 is 0 Å². The minimum atomic E-state index is -0.376. The first kappa shape index (κ1) is 12.8. The van der Waals surface area contributed by atoms with Crippen LogP contribution in [0.25, 0.3) is 0 Å². The molecule has 1 aromatic rings. The van der Waals surface area contributed by atoms with Crippen LogP contribution in [0, 0.1) is 17.0 Å². The number of nitrogens with one attached hydrogen (secondary N) is 1. The Morgan fingerprint density at radius 1 is 1.50 bits per heavy atom. The van der Waals surface area contributed by atoms with Gasteiger partial charge in [0.15, 0.2) is 5.75 Å². The molecule has 5 heteroatoms. The van der Waals surface area contributed by atoms with Gasteiger partial charge in [-0.2, -0.15) is 0 Å². The number of para-hydroxylation sites is 1.